The van der Waals surface area contributed by atoms with Gasteiger partial charge in [0, 0.05) is 50.0 Å². The summed E-state index contributed by atoms with van der Waals surface area (Å²) in [5.41, 5.74) is 1.56. The maximum absolute atomic E-state index is 13.0. The Morgan fingerprint density at radius 1 is 1.14 bits per heavy atom. The average molecular weight is 407 g/mol. The topological polar surface area (TPSA) is 56.8 Å². The molecule has 0 saturated carbocycles. The third-order valence-corrected chi connectivity index (χ3v) is 4.92. The number of rotatable bonds is 6. The molecule has 6 nitrogen and oxygen atoms in total. The molecule has 1 aliphatic heterocycles. The van der Waals surface area contributed by atoms with Crippen LogP contribution in [0, 0.1) is 5.82 Å². The van der Waals surface area contributed by atoms with Crippen LogP contribution in [0.15, 0.2) is 42.5 Å². The first-order valence-corrected chi connectivity index (χ1v) is 9.54. The van der Waals surface area contributed by atoms with Crippen LogP contribution in [0.2, 0.25) is 5.02 Å². The van der Waals surface area contributed by atoms with Gasteiger partial charge >= 0.3 is 6.03 Å². The Kier molecular flexibility index (Phi) is 6.95. The molecule has 1 heterocycles. The van der Waals surface area contributed by atoms with Crippen molar-refractivity contribution in [3.63, 3.8) is 0 Å². The SMILES string of the molecule is COc1ccc(Cl)cc1NC(=O)NCCN1CCN(c2ccc(F)cc2)CC1. The number of carbonyl (C=O) groups excluding carboxylic acids is 1. The zero-order chi connectivity index (χ0) is 19.9. The Bertz CT molecular complexity index is 795. The van der Waals surface area contributed by atoms with Gasteiger partial charge in [-0.15, -0.1) is 0 Å². The molecule has 0 aromatic heterocycles. The minimum absolute atomic E-state index is 0.220. The molecule has 1 saturated heterocycles. The number of ether oxygens (including phenoxy) is 1. The standard InChI is InChI=1S/C20H24ClFN4O2/c1-28-19-7-2-15(21)14-18(19)24-20(27)23-8-9-25-10-12-26(13-11-25)17-5-3-16(22)4-6-17/h2-7,14H,8-13H2,1H3,(H2,23,24,27). The van der Waals surface area contributed by atoms with Gasteiger partial charge in [0.2, 0.25) is 0 Å². The second kappa shape index (κ2) is 9.61. The largest absolute Gasteiger partial charge is 0.495 e. The molecule has 3 rings (SSSR count). The lowest BCUT2D eigenvalue weighted by atomic mass is 10.2. The molecule has 150 valence electrons. The second-order valence-corrected chi connectivity index (χ2v) is 6.97. The zero-order valence-corrected chi connectivity index (χ0v) is 16.5. The molecule has 2 N–H and O–H groups in total. The predicted octanol–water partition coefficient (Wildman–Crippen LogP) is 3.43. The summed E-state index contributed by atoms with van der Waals surface area (Å²) in [7, 11) is 1.54. The first-order chi connectivity index (χ1) is 13.5. The minimum atomic E-state index is -0.300. The van der Waals surface area contributed by atoms with Gasteiger partial charge in [0.1, 0.15) is 11.6 Å². The van der Waals surface area contributed by atoms with E-state index >= 15 is 0 Å². The first-order valence-electron chi connectivity index (χ1n) is 9.16. The summed E-state index contributed by atoms with van der Waals surface area (Å²) in [5.74, 6) is 0.332. The fourth-order valence-electron chi connectivity index (χ4n) is 3.15. The van der Waals surface area contributed by atoms with Crippen LogP contribution in [0.3, 0.4) is 0 Å². The van der Waals surface area contributed by atoms with Gasteiger partial charge in [0.15, 0.2) is 0 Å². The van der Waals surface area contributed by atoms with E-state index in [1.165, 1.54) is 19.2 Å². The molecule has 0 radical (unpaired) electrons. The number of nitrogens with zero attached hydrogens (tertiary/aromatic N) is 2. The number of benzene rings is 2. The lowest BCUT2D eigenvalue weighted by Gasteiger charge is -2.36. The summed E-state index contributed by atoms with van der Waals surface area (Å²) in [5, 5.41) is 6.13. The van der Waals surface area contributed by atoms with E-state index in [-0.39, 0.29) is 11.8 Å². The van der Waals surface area contributed by atoms with Crippen molar-refractivity contribution < 1.29 is 13.9 Å². The maximum Gasteiger partial charge on any atom is 0.319 e. The zero-order valence-electron chi connectivity index (χ0n) is 15.8. The number of nitrogens with one attached hydrogen (secondary N) is 2. The summed E-state index contributed by atoms with van der Waals surface area (Å²) in [6.07, 6.45) is 0. The van der Waals surface area contributed by atoms with Gasteiger partial charge < -0.3 is 20.3 Å². The number of amides is 2. The van der Waals surface area contributed by atoms with Crippen LogP contribution in [0.5, 0.6) is 5.75 Å². The van der Waals surface area contributed by atoms with E-state index in [0.29, 0.717) is 23.0 Å². The van der Waals surface area contributed by atoms with E-state index in [1.807, 2.05) is 0 Å². The van der Waals surface area contributed by atoms with Gasteiger partial charge in [-0.3, -0.25) is 4.90 Å². The van der Waals surface area contributed by atoms with E-state index in [2.05, 4.69) is 20.4 Å². The summed E-state index contributed by atoms with van der Waals surface area (Å²) in [6, 6.07) is 11.3. The number of anilines is 2. The van der Waals surface area contributed by atoms with Crippen LogP contribution in [-0.4, -0.2) is 57.3 Å². The molecule has 2 aromatic carbocycles. The van der Waals surface area contributed by atoms with Crippen LogP contribution >= 0.6 is 11.6 Å². The molecular weight excluding hydrogens is 383 g/mol. The maximum atomic E-state index is 13.0. The van der Waals surface area contributed by atoms with E-state index in [0.717, 1.165) is 38.4 Å². The van der Waals surface area contributed by atoms with Crippen molar-refractivity contribution in [1.29, 1.82) is 0 Å². The molecule has 8 heteroatoms. The Labute approximate surface area is 169 Å². The number of hydrogen-bond donors (Lipinski definition) is 2. The quantitative estimate of drug-likeness (QED) is 0.771. The van der Waals surface area contributed by atoms with Gasteiger partial charge in [0.25, 0.3) is 0 Å². The molecule has 1 aliphatic rings. The van der Waals surface area contributed by atoms with Crippen molar-refractivity contribution in [1.82, 2.24) is 10.2 Å². The van der Waals surface area contributed by atoms with Crippen molar-refractivity contribution in [3.05, 3.63) is 53.3 Å². The van der Waals surface area contributed by atoms with E-state index in [4.69, 9.17) is 16.3 Å². The molecule has 28 heavy (non-hydrogen) atoms. The molecule has 1 fully saturated rings. The highest BCUT2D eigenvalue weighted by Crippen LogP contribution is 2.27. The lowest BCUT2D eigenvalue weighted by Crippen LogP contribution is -2.48. The van der Waals surface area contributed by atoms with Crippen LogP contribution in [0.4, 0.5) is 20.6 Å². The number of hydrogen-bond acceptors (Lipinski definition) is 4. The van der Waals surface area contributed by atoms with Crippen LogP contribution in [0.25, 0.3) is 0 Å². The fraction of sp³-hybridized carbons (Fsp3) is 0.350. The van der Waals surface area contributed by atoms with Crippen molar-refractivity contribution in [2.45, 2.75) is 0 Å². The van der Waals surface area contributed by atoms with Gasteiger partial charge in [-0.25, -0.2) is 9.18 Å². The van der Waals surface area contributed by atoms with Gasteiger partial charge in [0.05, 0.1) is 12.8 Å². The number of methoxy groups -OCH3 is 1. The first kappa shape index (κ1) is 20.2. The molecule has 2 aromatic rings. The number of urea groups is 1. The highest BCUT2D eigenvalue weighted by atomic mass is 35.5. The highest BCUT2D eigenvalue weighted by Gasteiger charge is 2.17. The molecule has 0 atom stereocenters. The van der Waals surface area contributed by atoms with E-state index in [9.17, 15) is 9.18 Å². The molecule has 0 unspecified atom stereocenters. The van der Waals surface area contributed by atoms with Crippen molar-refractivity contribution in [2.75, 3.05) is 56.6 Å². The van der Waals surface area contributed by atoms with Crippen LogP contribution in [0.1, 0.15) is 0 Å². The number of halogens is 2. The molecule has 2 amide bonds. The molecular formula is C20H24ClFN4O2. The average Bonchev–Trinajstić information content (AvgIpc) is 2.69. The Morgan fingerprint density at radius 3 is 2.54 bits per heavy atom. The fourth-order valence-corrected chi connectivity index (χ4v) is 3.33. The number of piperazine rings is 1. The van der Waals surface area contributed by atoms with Gasteiger partial charge in [-0.1, -0.05) is 11.6 Å². The normalized spacial score (nSPS) is 14.6. The molecule has 0 aliphatic carbocycles. The van der Waals surface area contributed by atoms with Gasteiger partial charge in [-0.2, -0.15) is 0 Å². The lowest BCUT2D eigenvalue weighted by molar-refractivity contribution is 0.240. The predicted molar refractivity (Wildman–Crippen MR) is 110 cm³/mol. The van der Waals surface area contributed by atoms with Crippen molar-refractivity contribution in [3.8, 4) is 5.75 Å². The Hall–Kier alpha value is -2.51. The minimum Gasteiger partial charge on any atom is -0.495 e. The molecule has 0 spiro atoms. The number of carbonyl (C=O) groups is 1. The van der Waals surface area contributed by atoms with Crippen molar-refractivity contribution >= 4 is 29.0 Å². The second-order valence-electron chi connectivity index (χ2n) is 6.53. The van der Waals surface area contributed by atoms with E-state index < -0.39 is 0 Å². The summed E-state index contributed by atoms with van der Waals surface area (Å²) in [6.45, 7) is 4.82. The Balaban J connectivity index is 1.39. The van der Waals surface area contributed by atoms with Crippen LogP contribution in [-0.2, 0) is 0 Å². The summed E-state index contributed by atoms with van der Waals surface area (Å²) in [4.78, 5) is 16.6. The van der Waals surface area contributed by atoms with Crippen molar-refractivity contribution in [2.24, 2.45) is 0 Å². The third kappa shape index (κ3) is 5.50. The monoisotopic (exact) mass is 406 g/mol. The summed E-state index contributed by atoms with van der Waals surface area (Å²) < 4.78 is 18.3. The van der Waals surface area contributed by atoms with Crippen LogP contribution < -0.4 is 20.3 Å². The molecule has 0 bridgehead atoms. The van der Waals surface area contributed by atoms with E-state index in [1.54, 1.807) is 30.3 Å². The smallest absolute Gasteiger partial charge is 0.319 e. The Morgan fingerprint density at radius 2 is 1.86 bits per heavy atom. The highest BCUT2D eigenvalue weighted by molar-refractivity contribution is 6.31. The van der Waals surface area contributed by atoms with Gasteiger partial charge in [-0.05, 0) is 42.5 Å². The summed E-state index contributed by atoms with van der Waals surface area (Å²) >= 11 is 5.97. The third-order valence-electron chi connectivity index (χ3n) is 4.69.